The average Bonchev–Trinajstić information content (AvgIpc) is 3.01. The van der Waals surface area contributed by atoms with Gasteiger partial charge in [0.15, 0.2) is 9.84 Å². The van der Waals surface area contributed by atoms with Crippen molar-refractivity contribution in [3.8, 4) is 0 Å². The van der Waals surface area contributed by atoms with Gasteiger partial charge >= 0.3 is 0 Å². The van der Waals surface area contributed by atoms with Crippen LogP contribution in [0.5, 0.6) is 0 Å². The second kappa shape index (κ2) is 5.22. The summed E-state index contributed by atoms with van der Waals surface area (Å²) < 4.78 is 22.6. The second-order valence-corrected chi connectivity index (χ2v) is 7.22. The molecule has 0 aromatic carbocycles. The quantitative estimate of drug-likeness (QED) is 0.657. The van der Waals surface area contributed by atoms with Gasteiger partial charge in [-0.05, 0) is 19.4 Å². The van der Waals surface area contributed by atoms with Crippen molar-refractivity contribution in [2.24, 2.45) is 0 Å². The fourth-order valence-corrected chi connectivity index (χ4v) is 4.23. The summed E-state index contributed by atoms with van der Waals surface area (Å²) in [6.45, 7) is 4.87. The Morgan fingerprint density at radius 3 is 2.53 bits per heavy atom. The van der Waals surface area contributed by atoms with E-state index in [1.807, 2.05) is 0 Å². The van der Waals surface area contributed by atoms with Crippen molar-refractivity contribution in [2.45, 2.75) is 38.0 Å². The molecule has 2 N–H and O–H groups in total. The summed E-state index contributed by atoms with van der Waals surface area (Å²) in [5.74, 6) is -0.0193. The smallest absolute Gasteiger partial charge is 0.154 e. The van der Waals surface area contributed by atoms with Gasteiger partial charge in [-0.3, -0.25) is 4.90 Å². The van der Waals surface area contributed by atoms with Gasteiger partial charge in [0.25, 0.3) is 0 Å². The summed E-state index contributed by atoms with van der Waals surface area (Å²) in [5.41, 5.74) is 0. The number of sulfone groups is 1. The standard InChI is InChI=1S/C11H22N2O3S/c1-2-13(9-3-4-9)6-5-12-10-7-17(15,16)8-11(10)14/h9-12,14H,2-8H2,1H3. The molecule has 6 heteroatoms. The van der Waals surface area contributed by atoms with E-state index < -0.39 is 15.9 Å². The molecule has 2 atom stereocenters. The predicted octanol–water partition coefficient (Wildman–Crippen LogP) is -0.782. The van der Waals surface area contributed by atoms with Crippen LogP contribution in [0.1, 0.15) is 19.8 Å². The first-order chi connectivity index (χ1) is 8.02. The normalized spacial score (nSPS) is 32.2. The first-order valence-electron chi connectivity index (χ1n) is 6.38. The van der Waals surface area contributed by atoms with Crippen molar-refractivity contribution >= 4 is 9.84 Å². The van der Waals surface area contributed by atoms with Crippen LogP contribution in [-0.4, -0.2) is 67.8 Å². The molecule has 0 bridgehead atoms. The summed E-state index contributed by atoms with van der Waals surface area (Å²) in [4.78, 5) is 2.41. The van der Waals surface area contributed by atoms with E-state index in [0.29, 0.717) is 0 Å². The zero-order valence-corrected chi connectivity index (χ0v) is 11.1. The van der Waals surface area contributed by atoms with E-state index in [4.69, 9.17) is 0 Å². The lowest BCUT2D eigenvalue weighted by Crippen LogP contribution is -2.43. The average molecular weight is 262 g/mol. The van der Waals surface area contributed by atoms with E-state index in [1.165, 1.54) is 12.8 Å². The molecule has 1 aliphatic carbocycles. The van der Waals surface area contributed by atoms with E-state index in [2.05, 4.69) is 17.1 Å². The van der Waals surface area contributed by atoms with Crippen molar-refractivity contribution in [3.63, 3.8) is 0 Å². The predicted molar refractivity (Wildman–Crippen MR) is 66.7 cm³/mol. The first-order valence-corrected chi connectivity index (χ1v) is 8.20. The molecule has 5 nitrogen and oxygen atoms in total. The number of aliphatic hydroxyl groups is 1. The number of nitrogens with one attached hydrogen (secondary N) is 1. The lowest BCUT2D eigenvalue weighted by molar-refractivity contribution is 0.162. The van der Waals surface area contributed by atoms with Crippen molar-refractivity contribution in [2.75, 3.05) is 31.1 Å². The van der Waals surface area contributed by atoms with Crippen LogP contribution >= 0.6 is 0 Å². The number of likely N-dealkylation sites (N-methyl/N-ethyl adjacent to an activating group) is 1. The van der Waals surface area contributed by atoms with Gasteiger partial charge in [-0.2, -0.15) is 0 Å². The van der Waals surface area contributed by atoms with Crippen LogP contribution in [0.4, 0.5) is 0 Å². The SMILES string of the molecule is CCN(CCNC1CS(=O)(=O)CC1O)C1CC1. The molecule has 100 valence electrons. The number of rotatable bonds is 6. The minimum atomic E-state index is -3.03. The third-order valence-corrected chi connectivity index (χ3v) is 5.31. The molecule has 0 spiro atoms. The van der Waals surface area contributed by atoms with Crippen molar-refractivity contribution < 1.29 is 13.5 Å². The summed E-state index contributed by atoms with van der Waals surface area (Å²) in [6, 6.07) is 0.456. The Morgan fingerprint density at radius 1 is 1.35 bits per heavy atom. The molecule has 2 fully saturated rings. The zero-order valence-electron chi connectivity index (χ0n) is 10.3. The molecule has 2 rings (SSSR count). The van der Waals surface area contributed by atoms with Gasteiger partial charge < -0.3 is 10.4 Å². The minimum Gasteiger partial charge on any atom is -0.390 e. The van der Waals surface area contributed by atoms with E-state index in [1.54, 1.807) is 0 Å². The van der Waals surface area contributed by atoms with E-state index in [-0.39, 0.29) is 17.5 Å². The highest BCUT2D eigenvalue weighted by Crippen LogP contribution is 2.25. The Kier molecular flexibility index (Phi) is 4.07. The molecule has 1 saturated carbocycles. The number of hydrogen-bond donors (Lipinski definition) is 2. The molecule has 2 unspecified atom stereocenters. The molecular weight excluding hydrogens is 240 g/mol. The van der Waals surface area contributed by atoms with Crippen LogP contribution in [0.2, 0.25) is 0 Å². The Hall–Kier alpha value is -0.170. The fraction of sp³-hybridized carbons (Fsp3) is 1.00. The van der Waals surface area contributed by atoms with E-state index in [0.717, 1.165) is 25.7 Å². The number of nitrogens with zero attached hydrogens (tertiary/aromatic N) is 1. The summed E-state index contributed by atoms with van der Waals surface area (Å²) in [7, 11) is -3.03. The number of hydrogen-bond acceptors (Lipinski definition) is 5. The van der Waals surface area contributed by atoms with Gasteiger partial charge in [-0.1, -0.05) is 6.92 Å². The fourth-order valence-electron chi connectivity index (χ4n) is 2.46. The van der Waals surface area contributed by atoms with Gasteiger partial charge in [0.05, 0.1) is 17.6 Å². The maximum atomic E-state index is 11.3. The van der Waals surface area contributed by atoms with Gasteiger partial charge in [0.1, 0.15) is 0 Å². The van der Waals surface area contributed by atoms with Gasteiger partial charge in [-0.15, -0.1) is 0 Å². The molecule has 1 saturated heterocycles. The summed E-state index contributed by atoms with van der Waals surface area (Å²) >= 11 is 0. The second-order valence-electron chi connectivity index (χ2n) is 5.06. The molecular formula is C11H22N2O3S. The summed E-state index contributed by atoms with van der Waals surface area (Å²) in [5, 5.41) is 12.8. The Labute approximate surface area is 103 Å². The molecule has 0 aromatic rings. The van der Waals surface area contributed by atoms with E-state index in [9.17, 15) is 13.5 Å². The van der Waals surface area contributed by atoms with Gasteiger partial charge in [-0.25, -0.2) is 8.42 Å². The third-order valence-electron chi connectivity index (χ3n) is 3.60. The Bertz CT molecular complexity index is 354. The van der Waals surface area contributed by atoms with Crippen molar-refractivity contribution in [1.29, 1.82) is 0 Å². The maximum Gasteiger partial charge on any atom is 0.154 e. The van der Waals surface area contributed by atoms with Crippen LogP contribution in [0, 0.1) is 0 Å². The monoisotopic (exact) mass is 262 g/mol. The summed E-state index contributed by atoms with van der Waals surface area (Å²) in [6.07, 6.45) is 1.83. The number of aliphatic hydroxyl groups excluding tert-OH is 1. The zero-order chi connectivity index (χ0) is 12.5. The van der Waals surface area contributed by atoms with Crippen molar-refractivity contribution in [3.05, 3.63) is 0 Å². The third kappa shape index (κ3) is 3.64. The molecule has 1 aliphatic heterocycles. The molecule has 0 amide bonds. The molecule has 1 heterocycles. The van der Waals surface area contributed by atoms with Crippen molar-refractivity contribution in [1.82, 2.24) is 10.2 Å². The Morgan fingerprint density at radius 2 is 2.06 bits per heavy atom. The highest BCUT2D eigenvalue weighted by Gasteiger charge is 2.36. The lowest BCUT2D eigenvalue weighted by atomic mass is 10.2. The highest BCUT2D eigenvalue weighted by molar-refractivity contribution is 7.91. The largest absolute Gasteiger partial charge is 0.390 e. The molecule has 2 aliphatic rings. The molecule has 0 aromatic heterocycles. The molecule has 17 heavy (non-hydrogen) atoms. The maximum absolute atomic E-state index is 11.3. The topological polar surface area (TPSA) is 69.6 Å². The van der Waals surface area contributed by atoms with Gasteiger partial charge in [0, 0.05) is 25.2 Å². The minimum absolute atomic E-state index is 0.0731. The van der Waals surface area contributed by atoms with E-state index >= 15 is 0 Å². The Balaban J connectivity index is 1.71. The van der Waals surface area contributed by atoms with Crippen LogP contribution in [-0.2, 0) is 9.84 Å². The van der Waals surface area contributed by atoms with Gasteiger partial charge in [0.2, 0.25) is 0 Å². The lowest BCUT2D eigenvalue weighted by Gasteiger charge is -2.22. The molecule has 0 radical (unpaired) electrons. The van der Waals surface area contributed by atoms with Crippen LogP contribution in [0.3, 0.4) is 0 Å². The highest BCUT2D eigenvalue weighted by atomic mass is 32.2. The van der Waals surface area contributed by atoms with Crippen LogP contribution in [0.25, 0.3) is 0 Å². The van der Waals surface area contributed by atoms with Crippen LogP contribution in [0.15, 0.2) is 0 Å². The first kappa shape index (κ1) is 13.3. The van der Waals surface area contributed by atoms with Crippen LogP contribution < -0.4 is 5.32 Å².